The average Bonchev–Trinajstić information content (AvgIpc) is 2.94. The highest BCUT2D eigenvalue weighted by atomic mass is 32.2. The van der Waals surface area contributed by atoms with Gasteiger partial charge in [0.15, 0.2) is 11.5 Å². The summed E-state index contributed by atoms with van der Waals surface area (Å²) in [5.74, 6) is -0.287. The highest BCUT2D eigenvalue weighted by Gasteiger charge is 2.32. The van der Waals surface area contributed by atoms with Crippen molar-refractivity contribution >= 4 is 27.5 Å². The van der Waals surface area contributed by atoms with Crippen LogP contribution in [-0.4, -0.2) is 59.0 Å². The van der Waals surface area contributed by atoms with Crippen molar-refractivity contribution in [2.45, 2.75) is 24.4 Å². The first-order chi connectivity index (χ1) is 17.7. The van der Waals surface area contributed by atoms with E-state index in [0.717, 1.165) is 9.87 Å². The molecule has 1 unspecified atom stereocenters. The summed E-state index contributed by atoms with van der Waals surface area (Å²) < 4.78 is 39.3. The predicted octanol–water partition coefficient (Wildman–Crippen LogP) is 3.06. The second kappa shape index (κ2) is 12.3. The summed E-state index contributed by atoms with van der Waals surface area (Å²) in [4.78, 5) is 27.5. The number of carbonyl (C=O) groups is 2. The van der Waals surface area contributed by atoms with Gasteiger partial charge in [-0.1, -0.05) is 48.5 Å². The van der Waals surface area contributed by atoms with Crippen molar-refractivity contribution in [3.8, 4) is 11.5 Å². The minimum Gasteiger partial charge on any atom is -0.493 e. The van der Waals surface area contributed by atoms with Crippen LogP contribution in [0.15, 0.2) is 83.8 Å². The molecule has 3 aromatic rings. The molecule has 0 radical (unpaired) electrons. The summed E-state index contributed by atoms with van der Waals surface area (Å²) in [7, 11) is 0.138. The van der Waals surface area contributed by atoms with Gasteiger partial charge in [0.25, 0.3) is 10.0 Å². The molecule has 0 aliphatic rings. The van der Waals surface area contributed by atoms with Gasteiger partial charge in [0.05, 0.1) is 24.8 Å². The lowest BCUT2D eigenvalue weighted by Gasteiger charge is -2.31. The minimum atomic E-state index is -4.21. The number of anilines is 1. The van der Waals surface area contributed by atoms with Crippen molar-refractivity contribution in [3.05, 3.63) is 84.4 Å². The molecular weight excluding hydrogens is 494 g/mol. The summed E-state index contributed by atoms with van der Waals surface area (Å²) in [6.45, 7) is 1.22. The number of hydrogen-bond donors (Lipinski definition) is 1. The summed E-state index contributed by atoms with van der Waals surface area (Å²) >= 11 is 0. The second-order valence-corrected chi connectivity index (χ2v) is 10.0. The lowest BCUT2D eigenvalue weighted by atomic mass is 10.1. The van der Waals surface area contributed by atoms with Crippen molar-refractivity contribution in [2.24, 2.45) is 0 Å². The van der Waals surface area contributed by atoms with Gasteiger partial charge >= 0.3 is 0 Å². The molecular formula is C27H31N3O6S. The first kappa shape index (κ1) is 27.5. The van der Waals surface area contributed by atoms with Crippen LogP contribution < -0.4 is 19.1 Å². The number of carbonyl (C=O) groups excluding carboxylic acids is 2. The van der Waals surface area contributed by atoms with Crippen LogP contribution in [0.4, 0.5) is 5.69 Å². The topological polar surface area (TPSA) is 105 Å². The van der Waals surface area contributed by atoms with E-state index in [1.807, 2.05) is 30.3 Å². The number of sulfonamides is 1. The number of rotatable bonds is 11. The van der Waals surface area contributed by atoms with E-state index in [2.05, 4.69) is 5.32 Å². The standard InChI is InChI=1S/C27H31N3O6S/c1-20(27(32)28-2)29(18-21-11-7-5-8-12-21)26(31)19-30(22-13-9-6-10-14-22)37(33,34)23-15-16-24(35-3)25(17-23)36-4/h5-17,20H,18-19H2,1-4H3,(H,28,32). The Balaban J connectivity index is 2.03. The van der Waals surface area contributed by atoms with Crippen LogP contribution in [0.2, 0.25) is 0 Å². The molecule has 196 valence electrons. The van der Waals surface area contributed by atoms with Gasteiger partial charge in [-0.15, -0.1) is 0 Å². The monoisotopic (exact) mass is 525 g/mol. The van der Waals surface area contributed by atoms with E-state index in [1.54, 1.807) is 37.3 Å². The highest BCUT2D eigenvalue weighted by Crippen LogP contribution is 2.32. The Morgan fingerprint density at radius 1 is 0.892 bits per heavy atom. The summed E-state index contributed by atoms with van der Waals surface area (Å²) in [5, 5.41) is 2.56. The molecule has 0 heterocycles. The molecule has 37 heavy (non-hydrogen) atoms. The van der Waals surface area contributed by atoms with Crippen LogP contribution >= 0.6 is 0 Å². The molecule has 1 N–H and O–H groups in total. The van der Waals surface area contributed by atoms with Gasteiger partial charge in [-0.05, 0) is 36.8 Å². The molecule has 0 saturated carbocycles. The normalized spacial score (nSPS) is 11.8. The number of ether oxygens (including phenoxy) is 2. The molecule has 3 aromatic carbocycles. The highest BCUT2D eigenvalue weighted by molar-refractivity contribution is 7.92. The van der Waals surface area contributed by atoms with Crippen molar-refractivity contribution in [1.29, 1.82) is 0 Å². The Hall–Kier alpha value is -4.05. The van der Waals surface area contributed by atoms with Gasteiger partial charge < -0.3 is 19.7 Å². The fourth-order valence-corrected chi connectivity index (χ4v) is 5.23. The summed E-state index contributed by atoms with van der Waals surface area (Å²) in [6.07, 6.45) is 0. The van der Waals surface area contributed by atoms with Gasteiger partial charge in [-0.3, -0.25) is 13.9 Å². The van der Waals surface area contributed by atoms with Crippen LogP contribution in [0, 0.1) is 0 Å². The van der Waals surface area contributed by atoms with Gasteiger partial charge in [-0.25, -0.2) is 8.42 Å². The molecule has 3 rings (SSSR count). The average molecular weight is 526 g/mol. The van der Waals surface area contributed by atoms with Crippen molar-refractivity contribution in [1.82, 2.24) is 10.2 Å². The lowest BCUT2D eigenvalue weighted by molar-refractivity contribution is -0.139. The number of likely N-dealkylation sites (N-methyl/N-ethyl adjacent to an activating group) is 1. The smallest absolute Gasteiger partial charge is 0.264 e. The number of para-hydroxylation sites is 1. The second-order valence-electron chi connectivity index (χ2n) is 8.16. The first-order valence-corrected chi connectivity index (χ1v) is 13.0. The minimum absolute atomic E-state index is 0.0734. The van der Waals surface area contributed by atoms with Crippen LogP contribution in [0.1, 0.15) is 12.5 Å². The molecule has 0 spiro atoms. The quantitative estimate of drug-likeness (QED) is 0.413. The zero-order valence-corrected chi connectivity index (χ0v) is 22.1. The van der Waals surface area contributed by atoms with Gasteiger partial charge in [0.2, 0.25) is 11.8 Å². The van der Waals surface area contributed by atoms with E-state index in [1.165, 1.54) is 44.4 Å². The van der Waals surface area contributed by atoms with E-state index in [4.69, 9.17) is 9.47 Å². The van der Waals surface area contributed by atoms with Crippen molar-refractivity contribution in [3.63, 3.8) is 0 Å². The molecule has 0 aromatic heterocycles. The van der Waals surface area contributed by atoms with E-state index >= 15 is 0 Å². The first-order valence-electron chi connectivity index (χ1n) is 11.6. The van der Waals surface area contributed by atoms with E-state index in [9.17, 15) is 18.0 Å². The molecule has 0 bridgehead atoms. The molecule has 10 heteroatoms. The lowest BCUT2D eigenvalue weighted by Crippen LogP contribution is -2.50. The molecule has 0 saturated heterocycles. The third-order valence-corrected chi connectivity index (χ3v) is 7.65. The fourth-order valence-electron chi connectivity index (χ4n) is 3.80. The largest absolute Gasteiger partial charge is 0.493 e. The predicted molar refractivity (Wildman–Crippen MR) is 141 cm³/mol. The molecule has 0 aliphatic carbocycles. The van der Waals surface area contributed by atoms with E-state index in [-0.39, 0.29) is 23.1 Å². The molecule has 2 amide bonds. The maximum absolute atomic E-state index is 13.9. The molecule has 9 nitrogen and oxygen atoms in total. The van der Waals surface area contributed by atoms with Crippen LogP contribution in [0.25, 0.3) is 0 Å². The fraction of sp³-hybridized carbons (Fsp3) is 0.259. The van der Waals surface area contributed by atoms with Crippen LogP contribution in [-0.2, 0) is 26.2 Å². The van der Waals surface area contributed by atoms with Gasteiger partial charge in [0, 0.05) is 19.7 Å². The molecule has 0 fully saturated rings. The van der Waals surface area contributed by atoms with Crippen molar-refractivity contribution in [2.75, 3.05) is 32.1 Å². The Morgan fingerprint density at radius 2 is 1.49 bits per heavy atom. The molecule has 0 aliphatic heterocycles. The zero-order valence-electron chi connectivity index (χ0n) is 21.2. The SMILES string of the molecule is CNC(=O)C(C)N(Cc1ccccc1)C(=O)CN(c1ccccc1)S(=O)(=O)c1ccc(OC)c(OC)c1. The third-order valence-electron chi connectivity index (χ3n) is 5.88. The van der Waals surface area contributed by atoms with Gasteiger partial charge in [0.1, 0.15) is 12.6 Å². The van der Waals surface area contributed by atoms with Gasteiger partial charge in [-0.2, -0.15) is 0 Å². The van der Waals surface area contributed by atoms with E-state index < -0.39 is 28.5 Å². The maximum atomic E-state index is 13.9. The van der Waals surface area contributed by atoms with Crippen molar-refractivity contribution < 1.29 is 27.5 Å². The summed E-state index contributed by atoms with van der Waals surface area (Å²) in [6, 6.07) is 20.9. The Labute approximate surface area is 217 Å². The number of benzene rings is 3. The third kappa shape index (κ3) is 6.39. The zero-order chi connectivity index (χ0) is 27.0. The number of nitrogens with zero attached hydrogens (tertiary/aromatic N) is 2. The Bertz CT molecular complexity index is 1320. The Morgan fingerprint density at radius 3 is 2.05 bits per heavy atom. The number of amides is 2. The van der Waals surface area contributed by atoms with Crippen LogP contribution in [0.5, 0.6) is 11.5 Å². The maximum Gasteiger partial charge on any atom is 0.264 e. The summed E-state index contributed by atoms with van der Waals surface area (Å²) in [5.41, 5.74) is 1.11. The molecule has 1 atom stereocenters. The van der Waals surface area contributed by atoms with Crippen LogP contribution in [0.3, 0.4) is 0 Å². The van der Waals surface area contributed by atoms with E-state index in [0.29, 0.717) is 11.4 Å². The number of nitrogens with one attached hydrogen (secondary N) is 1. The number of hydrogen-bond acceptors (Lipinski definition) is 6. The number of methoxy groups -OCH3 is 2. The Kier molecular flexibility index (Phi) is 9.13.